The van der Waals surface area contributed by atoms with Crippen molar-refractivity contribution < 1.29 is 29.5 Å². The highest BCUT2D eigenvalue weighted by Gasteiger charge is 2.26. The highest BCUT2D eigenvalue weighted by atomic mass is 16.6. The molecule has 2 fully saturated rings. The second-order valence-electron chi connectivity index (χ2n) is 3.47. The first kappa shape index (κ1) is 12.8. The number of aliphatic hydroxyl groups excluding tert-OH is 3. The minimum atomic E-state index is -0.954. The molecule has 0 aromatic heterocycles. The van der Waals surface area contributed by atoms with Gasteiger partial charge in [0.1, 0.15) is 18.3 Å². The van der Waals surface area contributed by atoms with E-state index >= 15 is 0 Å². The lowest BCUT2D eigenvalue weighted by Gasteiger charge is -1.96. The molecule has 90 valence electrons. The minimum Gasteiger partial charge on any atom is -0.394 e. The number of hydrogen-bond acceptors (Lipinski definition) is 6. The SMILES string of the molecule is C(OCC1CO1)C1CO1.OCC(O)CO. The van der Waals surface area contributed by atoms with Gasteiger partial charge in [0.05, 0.1) is 39.6 Å². The largest absolute Gasteiger partial charge is 0.394 e. The zero-order valence-electron chi connectivity index (χ0n) is 8.54. The van der Waals surface area contributed by atoms with Crippen LogP contribution in [0.2, 0.25) is 0 Å². The van der Waals surface area contributed by atoms with E-state index in [0.717, 1.165) is 26.4 Å². The van der Waals surface area contributed by atoms with E-state index in [1.165, 1.54) is 0 Å². The highest BCUT2D eigenvalue weighted by Crippen LogP contribution is 2.12. The molecule has 0 amide bonds. The smallest absolute Gasteiger partial charge is 0.104 e. The Balaban J connectivity index is 0.000000167. The molecule has 2 rings (SSSR count). The van der Waals surface area contributed by atoms with Gasteiger partial charge in [-0.05, 0) is 0 Å². The summed E-state index contributed by atoms with van der Waals surface area (Å²) in [6.45, 7) is 2.53. The molecule has 0 aliphatic carbocycles. The molecule has 3 N–H and O–H groups in total. The predicted octanol–water partition coefficient (Wildman–Crippen LogP) is -1.87. The Morgan fingerprint density at radius 3 is 1.67 bits per heavy atom. The zero-order chi connectivity index (χ0) is 11.1. The quantitative estimate of drug-likeness (QED) is 0.456. The summed E-state index contributed by atoms with van der Waals surface area (Å²) < 4.78 is 15.1. The van der Waals surface area contributed by atoms with Crippen LogP contribution in [0.15, 0.2) is 0 Å². The van der Waals surface area contributed by atoms with Crippen molar-refractivity contribution >= 4 is 0 Å². The average Bonchev–Trinajstić information content (AvgIpc) is 3.11. The van der Waals surface area contributed by atoms with Crippen molar-refractivity contribution in [2.24, 2.45) is 0 Å². The Kier molecular flexibility index (Phi) is 6.07. The molecule has 2 heterocycles. The molecule has 0 spiro atoms. The molecule has 2 atom stereocenters. The first-order valence-corrected chi connectivity index (χ1v) is 4.97. The second-order valence-corrected chi connectivity index (χ2v) is 3.47. The highest BCUT2D eigenvalue weighted by molar-refractivity contribution is 4.71. The van der Waals surface area contributed by atoms with Crippen LogP contribution in [0, 0.1) is 0 Å². The fourth-order valence-electron chi connectivity index (χ4n) is 0.717. The molecule has 2 aliphatic rings. The molecule has 6 nitrogen and oxygen atoms in total. The summed E-state index contributed by atoms with van der Waals surface area (Å²) in [5, 5.41) is 24.0. The fraction of sp³-hybridized carbons (Fsp3) is 1.00. The van der Waals surface area contributed by atoms with Gasteiger partial charge in [0.2, 0.25) is 0 Å². The van der Waals surface area contributed by atoms with Gasteiger partial charge in [0.15, 0.2) is 0 Å². The molecule has 2 saturated heterocycles. The number of rotatable bonds is 6. The van der Waals surface area contributed by atoms with Gasteiger partial charge in [-0.15, -0.1) is 0 Å². The first-order chi connectivity index (χ1) is 7.26. The van der Waals surface area contributed by atoms with Crippen molar-refractivity contribution in [3.8, 4) is 0 Å². The normalized spacial score (nSPS) is 27.2. The van der Waals surface area contributed by atoms with Gasteiger partial charge in [-0.25, -0.2) is 0 Å². The maximum Gasteiger partial charge on any atom is 0.104 e. The Morgan fingerprint density at radius 1 is 1.07 bits per heavy atom. The molecule has 0 radical (unpaired) electrons. The monoisotopic (exact) mass is 222 g/mol. The van der Waals surface area contributed by atoms with Gasteiger partial charge >= 0.3 is 0 Å². The summed E-state index contributed by atoms with van der Waals surface area (Å²) in [6, 6.07) is 0. The molecule has 0 bridgehead atoms. The number of hydrogen-bond donors (Lipinski definition) is 3. The summed E-state index contributed by atoms with van der Waals surface area (Å²) in [7, 11) is 0. The summed E-state index contributed by atoms with van der Waals surface area (Å²) in [4.78, 5) is 0. The molecule has 2 aliphatic heterocycles. The van der Waals surface area contributed by atoms with E-state index in [1.54, 1.807) is 0 Å². The van der Waals surface area contributed by atoms with Crippen LogP contribution in [-0.2, 0) is 14.2 Å². The van der Waals surface area contributed by atoms with Crippen LogP contribution in [0.4, 0.5) is 0 Å². The van der Waals surface area contributed by atoms with E-state index in [4.69, 9.17) is 29.5 Å². The van der Waals surface area contributed by atoms with Crippen LogP contribution < -0.4 is 0 Å². The van der Waals surface area contributed by atoms with Crippen molar-refractivity contribution in [2.45, 2.75) is 18.3 Å². The van der Waals surface area contributed by atoms with Crippen LogP contribution in [0.1, 0.15) is 0 Å². The van der Waals surface area contributed by atoms with E-state index in [2.05, 4.69) is 0 Å². The van der Waals surface area contributed by atoms with E-state index < -0.39 is 6.10 Å². The maximum absolute atomic E-state index is 8.17. The van der Waals surface area contributed by atoms with Crippen LogP contribution in [-0.4, -0.2) is 73.3 Å². The summed E-state index contributed by atoms with van der Waals surface area (Å²) >= 11 is 0. The van der Waals surface area contributed by atoms with Crippen molar-refractivity contribution in [1.82, 2.24) is 0 Å². The molecule has 15 heavy (non-hydrogen) atoms. The van der Waals surface area contributed by atoms with E-state index in [-0.39, 0.29) is 13.2 Å². The standard InChI is InChI=1S/C6H10O3.C3H8O3/c1(5-3-8-5)7-2-6-4-9-6;4-1-3(6)2-5/h5-6H,1-4H2;3-6H,1-2H2. The van der Waals surface area contributed by atoms with E-state index in [1.807, 2.05) is 0 Å². The van der Waals surface area contributed by atoms with Gasteiger partial charge in [-0.3, -0.25) is 0 Å². The third-order valence-corrected chi connectivity index (χ3v) is 1.83. The van der Waals surface area contributed by atoms with Gasteiger partial charge < -0.3 is 29.5 Å². The lowest BCUT2D eigenvalue weighted by atomic mass is 10.4. The van der Waals surface area contributed by atoms with E-state index in [9.17, 15) is 0 Å². The van der Waals surface area contributed by atoms with Crippen LogP contribution in [0.25, 0.3) is 0 Å². The third kappa shape index (κ3) is 7.66. The Bertz CT molecular complexity index is 141. The number of epoxide rings is 2. The predicted molar refractivity (Wildman–Crippen MR) is 50.5 cm³/mol. The third-order valence-electron chi connectivity index (χ3n) is 1.83. The fourth-order valence-corrected chi connectivity index (χ4v) is 0.717. The lowest BCUT2D eigenvalue weighted by molar-refractivity contribution is 0.0450. The summed E-state index contributed by atoms with van der Waals surface area (Å²) in [5.41, 5.74) is 0. The lowest BCUT2D eigenvalue weighted by Crippen LogP contribution is -2.15. The Labute approximate surface area is 88.4 Å². The molecule has 0 aromatic rings. The molecule has 6 heteroatoms. The van der Waals surface area contributed by atoms with Gasteiger partial charge in [-0.1, -0.05) is 0 Å². The zero-order valence-corrected chi connectivity index (χ0v) is 8.54. The molecular weight excluding hydrogens is 204 g/mol. The molecular formula is C9H18O6. The number of ether oxygens (including phenoxy) is 3. The van der Waals surface area contributed by atoms with E-state index in [0.29, 0.717) is 12.2 Å². The average molecular weight is 222 g/mol. The first-order valence-electron chi connectivity index (χ1n) is 4.97. The summed E-state index contributed by atoms with van der Waals surface area (Å²) in [6.07, 6.45) is -0.169. The van der Waals surface area contributed by atoms with Crippen LogP contribution in [0.5, 0.6) is 0 Å². The maximum atomic E-state index is 8.17. The summed E-state index contributed by atoms with van der Waals surface area (Å²) in [5.74, 6) is 0. The molecule has 2 unspecified atom stereocenters. The second kappa shape index (κ2) is 7.10. The molecule has 0 saturated carbocycles. The number of aliphatic hydroxyl groups is 3. The van der Waals surface area contributed by atoms with Gasteiger partial charge in [0.25, 0.3) is 0 Å². The molecule has 0 aromatic carbocycles. The van der Waals surface area contributed by atoms with Crippen molar-refractivity contribution in [2.75, 3.05) is 39.6 Å². The Morgan fingerprint density at radius 2 is 1.47 bits per heavy atom. The van der Waals surface area contributed by atoms with Gasteiger partial charge in [-0.2, -0.15) is 0 Å². The Hall–Kier alpha value is -0.240. The van der Waals surface area contributed by atoms with Crippen LogP contribution >= 0.6 is 0 Å². The topological polar surface area (TPSA) is 95.0 Å². The van der Waals surface area contributed by atoms with Crippen molar-refractivity contribution in [1.29, 1.82) is 0 Å². The van der Waals surface area contributed by atoms with Crippen LogP contribution in [0.3, 0.4) is 0 Å². The minimum absolute atomic E-state index is 0.365. The van der Waals surface area contributed by atoms with Gasteiger partial charge in [0, 0.05) is 0 Å². The van der Waals surface area contributed by atoms with Crippen molar-refractivity contribution in [3.63, 3.8) is 0 Å². The van der Waals surface area contributed by atoms with Crippen molar-refractivity contribution in [3.05, 3.63) is 0 Å².